The van der Waals surface area contributed by atoms with Crippen LogP contribution in [0.4, 0.5) is 11.4 Å². The van der Waals surface area contributed by atoms with E-state index in [1.807, 2.05) is 6.07 Å². The third-order valence-electron chi connectivity index (χ3n) is 3.30. The molecule has 0 bridgehead atoms. The maximum atomic E-state index is 12.2. The van der Waals surface area contributed by atoms with Crippen LogP contribution in [0.15, 0.2) is 66.4 Å². The van der Waals surface area contributed by atoms with E-state index in [9.17, 15) is 14.4 Å². The summed E-state index contributed by atoms with van der Waals surface area (Å²) in [5, 5.41) is 5.54. The number of esters is 2. The highest BCUT2D eigenvalue weighted by Gasteiger charge is 2.13. The Morgan fingerprint density at radius 3 is 2.12 bits per heavy atom. The van der Waals surface area contributed by atoms with Crippen LogP contribution >= 0.6 is 0 Å². The average Bonchev–Trinajstić information content (AvgIpc) is 2.67. The molecule has 2 aromatic rings. The molecule has 0 saturated heterocycles. The van der Waals surface area contributed by atoms with Gasteiger partial charge in [0.1, 0.15) is 5.70 Å². The van der Waals surface area contributed by atoms with Gasteiger partial charge in [0.15, 0.2) is 0 Å². The van der Waals surface area contributed by atoms with E-state index < -0.39 is 11.9 Å². The molecular weight excluding hydrogens is 336 g/mol. The fraction of sp³-hybridized carbons (Fsp3) is 0.105. The van der Waals surface area contributed by atoms with Gasteiger partial charge in [0.2, 0.25) is 0 Å². The number of rotatable bonds is 6. The topological polar surface area (TPSA) is 93.7 Å². The van der Waals surface area contributed by atoms with Gasteiger partial charge >= 0.3 is 11.9 Å². The largest absolute Gasteiger partial charge is 0.466 e. The Morgan fingerprint density at radius 2 is 1.50 bits per heavy atom. The highest BCUT2D eigenvalue weighted by Crippen LogP contribution is 2.18. The third kappa shape index (κ3) is 5.20. The van der Waals surface area contributed by atoms with Crippen molar-refractivity contribution in [1.29, 1.82) is 0 Å². The molecule has 0 aliphatic heterocycles. The minimum absolute atomic E-state index is 0.0918. The smallest absolute Gasteiger partial charge is 0.354 e. The number of carbonyl (C=O) groups excluding carboxylic acids is 3. The van der Waals surface area contributed by atoms with E-state index in [-0.39, 0.29) is 11.6 Å². The van der Waals surface area contributed by atoms with E-state index in [1.165, 1.54) is 14.2 Å². The zero-order valence-corrected chi connectivity index (χ0v) is 14.3. The van der Waals surface area contributed by atoms with Crippen LogP contribution in [-0.2, 0) is 19.1 Å². The third-order valence-corrected chi connectivity index (χ3v) is 3.30. The molecule has 2 N–H and O–H groups in total. The predicted octanol–water partition coefficient (Wildman–Crippen LogP) is 2.58. The summed E-state index contributed by atoms with van der Waals surface area (Å²) in [5.41, 5.74) is 1.43. The van der Waals surface area contributed by atoms with Crippen molar-refractivity contribution in [2.45, 2.75) is 0 Å². The number of anilines is 2. The summed E-state index contributed by atoms with van der Waals surface area (Å²) < 4.78 is 9.15. The number of ether oxygens (including phenoxy) is 2. The summed E-state index contributed by atoms with van der Waals surface area (Å²) in [6, 6.07) is 15.5. The van der Waals surface area contributed by atoms with Gasteiger partial charge in [-0.1, -0.05) is 24.3 Å². The van der Waals surface area contributed by atoms with E-state index in [0.717, 1.165) is 6.08 Å². The monoisotopic (exact) mass is 354 g/mol. The quantitative estimate of drug-likeness (QED) is 0.612. The van der Waals surface area contributed by atoms with Crippen LogP contribution in [0.3, 0.4) is 0 Å². The van der Waals surface area contributed by atoms with Crippen molar-refractivity contribution in [3.8, 4) is 0 Å². The summed E-state index contributed by atoms with van der Waals surface area (Å²) in [5.74, 6) is -1.69. The van der Waals surface area contributed by atoms with Crippen LogP contribution in [0.5, 0.6) is 0 Å². The molecule has 134 valence electrons. The van der Waals surface area contributed by atoms with E-state index >= 15 is 0 Å². The molecule has 0 aliphatic carbocycles. The Balaban J connectivity index is 2.17. The van der Waals surface area contributed by atoms with Gasteiger partial charge in [0, 0.05) is 16.9 Å². The van der Waals surface area contributed by atoms with Crippen molar-refractivity contribution in [3.05, 3.63) is 71.9 Å². The lowest BCUT2D eigenvalue weighted by Gasteiger charge is -2.11. The molecule has 0 aromatic heterocycles. The molecule has 7 nitrogen and oxygen atoms in total. The van der Waals surface area contributed by atoms with E-state index in [2.05, 4.69) is 20.1 Å². The lowest BCUT2D eigenvalue weighted by molar-refractivity contribution is -0.138. The number of methoxy groups -OCH3 is 2. The standard InChI is InChI=1S/C19H18N2O5/c1-25-17(22)12-16(19(24)26-2)20-14-9-6-10-15(11-14)21-18(23)13-7-4-3-5-8-13/h3-12,20H,1-2H3,(H,21,23)/b16-12+. The maximum absolute atomic E-state index is 12.2. The van der Waals surface area contributed by atoms with Gasteiger partial charge in [-0.05, 0) is 30.3 Å². The summed E-state index contributed by atoms with van der Waals surface area (Å²) in [6.45, 7) is 0. The molecule has 0 aliphatic rings. The zero-order chi connectivity index (χ0) is 18.9. The summed E-state index contributed by atoms with van der Waals surface area (Å²) in [6.07, 6.45) is 0.987. The highest BCUT2D eigenvalue weighted by molar-refractivity contribution is 6.04. The Hall–Kier alpha value is -3.61. The minimum Gasteiger partial charge on any atom is -0.466 e. The van der Waals surface area contributed by atoms with Crippen molar-refractivity contribution in [2.24, 2.45) is 0 Å². The first-order chi connectivity index (χ1) is 12.5. The predicted molar refractivity (Wildman–Crippen MR) is 96.6 cm³/mol. The summed E-state index contributed by atoms with van der Waals surface area (Å²) >= 11 is 0. The zero-order valence-electron chi connectivity index (χ0n) is 14.3. The molecule has 0 radical (unpaired) electrons. The van der Waals surface area contributed by atoms with Gasteiger partial charge in [-0.15, -0.1) is 0 Å². The number of hydrogen-bond donors (Lipinski definition) is 2. The van der Waals surface area contributed by atoms with Gasteiger partial charge in [0.25, 0.3) is 5.91 Å². The lowest BCUT2D eigenvalue weighted by Crippen LogP contribution is -2.16. The molecule has 0 spiro atoms. The first-order valence-electron chi connectivity index (χ1n) is 7.65. The molecule has 2 rings (SSSR count). The molecule has 1 amide bonds. The van der Waals surface area contributed by atoms with Crippen molar-refractivity contribution in [3.63, 3.8) is 0 Å². The van der Waals surface area contributed by atoms with Gasteiger partial charge in [-0.2, -0.15) is 0 Å². The Labute approximate surface area is 150 Å². The number of amides is 1. The highest BCUT2D eigenvalue weighted by atomic mass is 16.5. The van der Waals surface area contributed by atoms with Crippen LogP contribution in [0.2, 0.25) is 0 Å². The molecule has 2 aromatic carbocycles. The first kappa shape index (κ1) is 18.7. The Kier molecular flexibility index (Phi) is 6.50. The average molecular weight is 354 g/mol. The van der Waals surface area contributed by atoms with Gasteiger partial charge < -0.3 is 20.1 Å². The molecule has 0 heterocycles. The molecule has 0 fully saturated rings. The second-order valence-corrected chi connectivity index (χ2v) is 5.10. The van der Waals surface area contributed by atoms with E-state index in [4.69, 9.17) is 0 Å². The minimum atomic E-state index is -0.728. The Bertz CT molecular complexity index is 831. The van der Waals surface area contributed by atoms with Crippen LogP contribution in [-0.4, -0.2) is 32.1 Å². The summed E-state index contributed by atoms with van der Waals surface area (Å²) in [7, 11) is 2.40. The summed E-state index contributed by atoms with van der Waals surface area (Å²) in [4.78, 5) is 35.4. The van der Waals surface area contributed by atoms with Crippen molar-refractivity contribution < 1.29 is 23.9 Å². The van der Waals surface area contributed by atoms with Crippen LogP contribution in [0.1, 0.15) is 10.4 Å². The van der Waals surface area contributed by atoms with Crippen molar-refractivity contribution in [1.82, 2.24) is 0 Å². The van der Waals surface area contributed by atoms with Crippen LogP contribution in [0, 0.1) is 0 Å². The number of benzene rings is 2. The fourth-order valence-electron chi connectivity index (χ4n) is 2.06. The SMILES string of the molecule is COC(=O)/C=C(/Nc1cccc(NC(=O)c2ccccc2)c1)C(=O)OC. The number of carbonyl (C=O) groups is 3. The normalized spacial score (nSPS) is 10.6. The number of nitrogens with one attached hydrogen (secondary N) is 2. The lowest BCUT2D eigenvalue weighted by atomic mass is 10.2. The van der Waals surface area contributed by atoms with Gasteiger partial charge in [-0.3, -0.25) is 4.79 Å². The van der Waals surface area contributed by atoms with E-state index in [0.29, 0.717) is 16.9 Å². The number of hydrogen-bond acceptors (Lipinski definition) is 6. The van der Waals surface area contributed by atoms with Crippen molar-refractivity contribution in [2.75, 3.05) is 24.9 Å². The molecule has 0 saturated carbocycles. The first-order valence-corrected chi connectivity index (χ1v) is 7.65. The van der Waals surface area contributed by atoms with E-state index in [1.54, 1.807) is 48.5 Å². The van der Waals surface area contributed by atoms with Crippen LogP contribution in [0.25, 0.3) is 0 Å². The molecule has 26 heavy (non-hydrogen) atoms. The van der Waals surface area contributed by atoms with Gasteiger partial charge in [-0.25, -0.2) is 9.59 Å². The molecule has 7 heteroatoms. The second kappa shape index (κ2) is 9.03. The molecule has 0 atom stereocenters. The molecular formula is C19H18N2O5. The Morgan fingerprint density at radius 1 is 0.846 bits per heavy atom. The van der Waals surface area contributed by atoms with Crippen LogP contribution < -0.4 is 10.6 Å². The van der Waals surface area contributed by atoms with Gasteiger partial charge in [0.05, 0.1) is 20.3 Å². The molecule has 0 unspecified atom stereocenters. The fourth-order valence-corrected chi connectivity index (χ4v) is 2.06. The van der Waals surface area contributed by atoms with Crippen molar-refractivity contribution >= 4 is 29.2 Å². The maximum Gasteiger partial charge on any atom is 0.354 e. The second-order valence-electron chi connectivity index (χ2n) is 5.10.